The summed E-state index contributed by atoms with van der Waals surface area (Å²) in [5, 5.41) is 0. The van der Waals surface area contributed by atoms with Gasteiger partial charge >= 0.3 is 0 Å². The van der Waals surface area contributed by atoms with E-state index in [1.807, 2.05) is 18.2 Å². The molecule has 0 fully saturated rings. The molecule has 0 radical (unpaired) electrons. The van der Waals surface area contributed by atoms with Gasteiger partial charge in [-0.3, -0.25) is 4.79 Å². The van der Waals surface area contributed by atoms with E-state index in [0.29, 0.717) is 11.3 Å². The maximum atomic E-state index is 11.7. The summed E-state index contributed by atoms with van der Waals surface area (Å²) in [5.41, 5.74) is 7.37. The minimum Gasteiger partial charge on any atom is -0.491 e. The number of ether oxygens (including phenoxy) is 1. The number of hydrogen-bond acceptors (Lipinski definition) is 3. The zero-order chi connectivity index (χ0) is 10.1. The first kappa shape index (κ1) is 9.21. The molecular weight excluding hydrogens is 178 g/mol. The fourth-order valence-corrected chi connectivity index (χ4v) is 1.57. The van der Waals surface area contributed by atoms with Gasteiger partial charge in [-0.05, 0) is 24.1 Å². The summed E-state index contributed by atoms with van der Waals surface area (Å²) in [6.45, 7) is 2.34. The van der Waals surface area contributed by atoms with E-state index < -0.39 is 6.04 Å². The minimum absolute atomic E-state index is 0.0125. The third-order valence-corrected chi connectivity index (χ3v) is 2.47. The van der Waals surface area contributed by atoms with Gasteiger partial charge in [0.2, 0.25) is 0 Å². The van der Waals surface area contributed by atoms with Gasteiger partial charge in [0.25, 0.3) is 0 Å². The molecule has 3 nitrogen and oxygen atoms in total. The van der Waals surface area contributed by atoms with E-state index in [2.05, 4.69) is 6.92 Å². The fraction of sp³-hybridized carbons (Fsp3) is 0.364. The fourth-order valence-electron chi connectivity index (χ4n) is 1.57. The highest BCUT2D eigenvalue weighted by Crippen LogP contribution is 2.25. The Kier molecular flexibility index (Phi) is 2.25. The van der Waals surface area contributed by atoms with Crippen LogP contribution in [0.1, 0.15) is 22.8 Å². The second-order valence-electron chi connectivity index (χ2n) is 3.47. The van der Waals surface area contributed by atoms with Crippen molar-refractivity contribution in [1.29, 1.82) is 0 Å². The van der Waals surface area contributed by atoms with E-state index >= 15 is 0 Å². The second-order valence-corrected chi connectivity index (χ2v) is 3.47. The SMILES string of the molecule is CCc1ccc2c(c1)C(=O)C(N)CO2. The molecule has 2 N–H and O–H groups in total. The summed E-state index contributed by atoms with van der Waals surface area (Å²) in [5.74, 6) is 0.649. The molecule has 0 saturated heterocycles. The molecule has 1 heterocycles. The number of ketones is 1. The smallest absolute Gasteiger partial charge is 0.186 e. The molecule has 1 aromatic rings. The van der Waals surface area contributed by atoms with E-state index in [9.17, 15) is 4.79 Å². The monoisotopic (exact) mass is 191 g/mol. The third kappa shape index (κ3) is 1.40. The van der Waals surface area contributed by atoms with Crippen LogP contribution in [-0.4, -0.2) is 18.4 Å². The van der Waals surface area contributed by atoms with Crippen molar-refractivity contribution in [2.75, 3.05) is 6.61 Å². The van der Waals surface area contributed by atoms with E-state index in [4.69, 9.17) is 10.5 Å². The predicted molar refractivity (Wildman–Crippen MR) is 53.6 cm³/mol. The molecule has 0 aromatic heterocycles. The van der Waals surface area contributed by atoms with Gasteiger partial charge in [0.05, 0.1) is 5.56 Å². The topological polar surface area (TPSA) is 52.3 Å². The molecular formula is C11H13NO2. The number of rotatable bonds is 1. The van der Waals surface area contributed by atoms with E-state index in [1.165, 1.54) is 0 Å². The second kappa shape index (κ2) is 3.42. The van der Waals surface area contributed by atoms with Crippen LogP contribution in [0, 0.1) is 0 Å². The lowest BCUT2D eigenvalue weighted by Gasteiger charge is -2.21. The summed E-state index contributed by atoms with van der Waals surface area (Å²) in [4.78, 5) is 11.7. The Bertz CT molecular complexity index is 374. The Morgan fingerprint density at radius 1 is 1.57 bits per heavy atom. The van der Waals surface area contributed by atoms with Crippen LogP contribution in [0.4, 0.5) is 0 Å². The van der Waals surface area contributed by atoms with E-state index in [1.54, 1.807) is 0 Å². The van der Waals surface area contributed by atoms with Gasteiger partial charge in [0.1, 0.15) is 18.4 Å². The van der Waals surface area contributed by atoms with Gasteiger partial charge < -0.3 is 10.5 Å². The predicted octanol–water partition coefficient (Wildman–Crippen LogP) is 1.15. The Labute approximate surface area is 82.9 Å². The summed E-state index contributed by atoms with van der Waals surface area (Å²) >= 11 is 0. The standard InChI is InChI=1S/C11H13NO2/c1-2-7-3-4-10-8(5-7)11(13)9(12)6-14-10/h3-5,9H,2,6,12H2,1H3. The van der Waals surface area contributed by atoms with Crippen LogP contribution in [0.3, 0.4) is 0 Å². The molecule has 0 spiro atoms. The summed E-state index contributed by atoms with van der Waals surface area (Å²) in [6, 6.07) is 5.19. The van der Waals surface area contributed by atoms with Crippen LogP contribution in [0.5, 0.6) is 5.75 Å². The average molecular weight is 191 g/mol. The highest BCUT2D eigenvalue weighted by atomic mass is 16.5. The van der Waals surface area contributed by atoms with Crippen LogP contribution in [0.25, 0.3) is 0 Å². The van der Waals surface area contributed by atoms with Crippen LogP contribution >= 0.6 is 0 Å². The normalized spacial score (nSPS) is 20.1. The van der Waals surface area contributed by atoms with Gasteiger partial charge in [0, 0.05) is 0 Å². The van der Waals surface area contributed by atoms with Crippen molar-refractivity contribution in [3.05, 3.63) is 29.3 Å². The van der Waals surface area contributed by atoms with Crippen molar-refractivity contribution in [1.82, 2.24) is 0 Å². The Hall–Kier alpha value is -1.35. The lowest BCUT2D eigenvalue weighted by atomic mass is 9.99. The summed E-state index contributed by atoms with van der Waals surface area (Å²) < 4.78 is 5.36. The molecule has 74 valence electrons. The van der Waals surface area contributed by atoms with Gasteiger partial charge in [-0.2, -0.15) is 0 Å². The first-order chi connectivity index (χ1) is 6.72. The van der Waals surface area contributed by atoms with E-state index in [0.717, 1.165) is 12.0 Å². The molecule has 14 heavy (non-hydrogen) atoms. The molecule has 0 bridgehead atoms. The van der Waals surface area contributed by atoms with Crippen LogP contribution in [0.15, 0.2) is 18.2 Å². The quantitative estimate of drug-likeness (QED) is 0.724. The van der Waals surface area contributed by atoms with Crippen molar-refractivity contribution >= 4 is 5.78 Å². The Morgan fingerprint density at radius 2 is 2.36 bits per heavy atom. The maximum absolute atomic E-state index is 11.7. The summed E-state index contributed by atoms with van der Waals surface area (Å²) in [6.07, 6.45) is 0.912. The number of Topliss-reactive ketones (excluding diaryl/α,β-unsaturated/α-hetero) is 1. The van der Waals surface area contributed by atoms with Crippen molar-refractivity contribution in [3.8, 4) is 5.75 Å². The number of hydrogen-bond donors (Lipinski definition) is 1. The zero-order valence-corrected chi connectivity index (χ0v) is 8.12. The molecule has 1 aromatic carbocycles. The lowest BCUT2D eigenvalue weighted by Crippen LogP contribution is -2.40. The zero-order valence-electron chi connectivity index (χ0n) is 8.12. The first-order valence-corrected chi connectivity index (χ1v) is 4.78. The molecule has 1 unspecified atom stereocenters. The van der Waals surface area contributed by atoms with Crippen LogP contribution in [0.2, 0.25) is 0 Å². The van der Waals surface area contributed by atoms with E-state index in [-0.39, 0.29) is 12.4 Å². The number of aryl methyl sites for hydroxylation is 1. The number of fused-ring (bicyclic) bond motifs is 1. The average Bonchev–Trinajstić information content (AvgIpc) is 2.23. The lowest BCUT2D eigenvalue weighted by molar-refractivity contribution is 0.0899. The van der Waals surface area contributed by atoms with Crippen LogP contribution in [-0.2, 0) is 6.42 Å². The van der Waals surface area contributed by atoms with Gasteiger partial charge in [-0.1, -0.05) is 13.0 Å². The maximum Gasteiger partial charge on any atom is 0.186 e. The minimum atomic E-state index is -0.505. The summed E-state index contributed by atoms with van der Waals surface area (Å²) in [7, 11) is 0. The Balaban J connectivity index is 2.46. The number of nitrogens with two attached hydrogens (primary N) is 1. The highest BCUT2D eigenvalue weighted by Gasteiger charge is 2.25. The first-order valence-electron chi connectivity index (χ1n) is 4.78. The molecule has 1 aliphatic rings. The van der Waals surface area contributed by atoms with Crippen LogP contribution < -0.4 is 10.5 Å². The van der Waals surface area contributed by atoms with Crippen molar-refractivity contribution in [2.24, 2.45) is 5.73 Å². The molecule has 0 amide bonds. The van der Waals surface area contributed by atoms with Crippen molar-refractivity contribution in [2.45, 2.75) is 19.4 Å². The largest absolute Gasteiger partial charge is 0.491 e. The van der Waals surface area contributed by atoms with Crippen molar-refractivity contribution in [3.63, 3.8) is 0 Å². The molecule has 0 aliphatic carbocycles. The number of benzene rings is 1. The Morgan fingerprint density at radius 3 is 3.07 bits per heavy atom. The number of carbonyl (C=O) groups excluding carboxylic acids is 1. The molecule has 1 atom stereocenters. The molecule has 0 saturated carbocycles. The highest BCUT2D eigenvalue weighted by molar-refractivity contribution is 6.03. The van der Waals surface area contributed by atoms with Gasteiger partial charge in [-0.25, -0.2) is 0 Å². The van der Waals surface area contributed by atoms with Gasteiger partial charge in [-0.15, -0.1) is 0 Å². The number of carbonyl (C=O) groups is 1. The molecule has 2 rings (SSSR count). The third-order valence-electron chi connectivity index (χ3n) is 2.47. The van der Waals surface area contributed by atoms with Gasteiger partial charge in [0.15, 0.2) is 5.78 Å². The molecule has 3 heteroatoms. The van der Waals surface area contributed by atoms with Crippen molar-refractivity contribution < 1.29 is 9.53 Å². The molecule has 1 aliphatic heterocycles.